The van der Waals surface area contributed by atoms with E-state index in [4.69, 9.17) is 5.73 Å². The van der Waals surface area contributed by atoms with Crippen molar-refractivity contribution in [3.63, 3.8) is 0 Å². The molecule has 0 aliphatic rings. The predicted molar refractivity (Wildman–Crippen MR) is 77.0 cm³/mol. The number of nitrogens with one attached hydrogen (secondary N) is 2. The summed E-state index contributed by atoms with van der Waals surface area (Å²) in [6, 6.07) is 5.39. The van der Waals surface area contributed by atoms with Gasteiger partial charge in [0.1, 0.15) is 0 Å². The Labute approximate surface area is 113 Å². The van der Waals surface area contributed by atoms with Crippen molar-refractivity contribution in [2.24, 2.45) is 5.73 Å². The topological polar surface area (TPSA) is 84.2 Å². The summed E-state index contributed by atoms with van der Waals surface area (Å²) in [5.74, 6) is -0.102. The van der Waals surface area contributed by atoms with E-state index in [0.717, 1.165) is 17.7 Å². The Kier molecular flexibility index (Phi) is 6.02. The lowest BCUT2D eigenvalue weighted by molar-refractivity contribution is -0.117. The van der Waals surface area contributed by atoms with Gasteiger partial charge < -0.3 is 16.4 Å². The summed E-state index contributed by atoms with van der Waals surface area (Å²) in [6.45, 7) is 4.18. The zero-order chi connectivity index (χ0) is 14.3. The van der Waals surface area contributed by atoms with Crippen molar-refractivity contribution in [1.82, 2.24) is 0 Å². The third-order valence-corrected chi connectivity index (χ3v) is 2.63. The summed E-state index contributed by atoms with van der Waals surface area (Å²) in [4.78, 5) is 22.9. The first kappa shape index (κ1) is 15.2. The smallest absolute Gasteiger partial charge is 0.225 e. The molecule has 0 aliphatic carbocycles. The molecule has 4 N–H and O–H groups in total. The van der Waals surface area contributed by atoms with E-state index in [-0.39, 0.29) is 11.8 Å². The van der Waals surface area contributed by atoms with Gasteiger partial charge in [-0.1, -0.05) is 6.92 Å². The van der Waals surface area contributed by atoms with Crippen LogP contribution in [0.25, 0.3) is 0 Å². The van der Waals surface area contributed by atoms with Gasteiger partial charge in [-0.2, -0.15) is 0 Å². The molecule has 0 saturated carbocycles. The second kappa shape index (κ2) is 7.53. The molecule has 0 bridgehead atoms. The van der Waals surface area contributed by atoms with Gasteiger partial charge in [0.25, 0.3) is 0 Å². The minimum atomic E-state index is -0.107. The van der Waals surface area contributed by atoms with Gasteiger partial charge in [0.2, 0.25) is 11.8 Å². The second-order valence-corrected chi connectivity index (χ2v) is 4.41. The van der Waals surface area contributed by atoms with Crippen LogP contribution in [-0.2, 0) is 9.59 Å². The zero-order valence-electron chi connectivity index (χ0n) is 11.5. The number of carbonyl (C=O) groups is 2. The number of hydrogen-bond acceptors (Lipinski definition) is 3. The minimum absolute atomic E-state index is 0.00511. The van der Waals surface area contributed by atoms with Crippen LogP contribution in [0.2, 0.25) is 0 Å². The highest BCUT2D eigenvalue weighted by molar-refractivity contribution is 5.93. The monoisotopic (exact) mass is 263 g/mol. The normalized spacial score (nSPS) is 10.1. The lowest BCUT2D eigenvalue weighted by Gasteiger charge is -2.10. The standard InChI is InChI=1S/C14H21N3O2/c1-3-4-13(18)17-12-6-5-11(9-10(12)2)16-14(19)7-8-15/h5-6,9H,3-4,7-8,15H2,1-2H3,(H,16,19)(H,17,18). The third kappa shape index (κ3) is 5.09. The van der Waals surface area contributed by atoms with Crippen molar-refractivity contribution < 1.29 is 9.59 Å². The third-order valence-electron chi connectivity index (χ3n) is 2.63. The van der Waals surface area contributed by atoms with Gasteiger partial charge in [-0.25, -0.2) is 0 Å². The Morgan fingerprint density at radius 2 is 1.84 bits per heavy atom. The van der Waals surface area contributed by atoms with Gasteiger partial charge in [-0.3, -0.25) is 9.59 Å². The van der Waals surface area contributed by atoms with Crippen LogP contribution in [0.15, 0.2) is 18.2 Å². The summed E-state index contributed by atoms with van der Waals surface area (Å²) in [7, 11) is 0. The molecule has 1 aromatic rings. The maximum atomic E-state index is 11.5. The summed E-state index contributed by atoms with van der Waals surface area (Å²) in [5, 5.41) is 5.60. The largest absolute Gasteiger partial charge is 0.330 e. The van der Waals surface area contributed by atoms with Crippen molar-refractivity contribution in [2.45, 2.75) is 33.1 Å². The molecule has 0 atom stereocenters. The fraction of sp³-hybridized carbons (Fsp3) is 0.429. The fourth-order valence-corrected chi connectivity index (χ4v) is 1.68. The van der Waals surface area contributed by atoms with E-state index in [9.17, 15) is 9.59 Å². The van der Waals surface area contributed by atoms with Crippen molar-refractivity contribution in [3.8, 4) is 0 Å². The number of benzene rings is 1. The molecule has 1 aromatic carbocycles. The lowest BCUT2D eigenvalue weighted by atomic mass is 10.1. The maximum absolute atomic E-state index is 11.5. The molecule has 0 heterocycles. The number of amides is 2. The number of nitrogens with two attached hydrogens (primary N) is 1. The quantitative estimate of drug-likeness (QED) is 0.734. The summed E-state index contributed by atoms with van der Waals surface area (Å²) >= 11 is 0. The first-order valence-corrected chi connectivity index (χ1v) is 6.47. The van der Waals surface area contributed by atoms with E-state index >= 15 is 0 Å². The zero-order valence-corrected chi connectivity index (χ0v) is 11.5. The second-order valence-electron chi connectivity index (χ2n) is 4.41. The number of rotatable bonds is 6. The maximum Gasteiger partial charge on any atom is 0.225 e. The molecular weight excluding hydrogens is 242 g/mol. The van der Waals surface area contributed by atoms with Gasteiger partial charge in [0.15, 0.2) is 0 Å². The van der Waals surface area contributed by atoms with Gasteiger partial charge >= 0.3 is 0 Å². The van der Waals surface area contributed by atoms with E-state index in [1.54, 1.807) is 12.1 Å². The molecular formula is C14H21N3O2. The molecule has 2 amide bonds. The molecule has 19 heavy (non-hydrogen) atoms. The first-order chi connectivity index (χ1) is 9.06. The Morgan fingerprint density at radius 1 is 1.16 bits per heavy atom. The number of carbonyl (C=O) groups excluding carboxylic acids is 2. The van der Waals surface area contributed by atoms with Crippen LogP contribution in [-0.4, -0.2) is 18.4 Å². The lowest BCUT2D eigenvalue weighted by Crippen LogP contribution is -2.16. The highest BCUT2D eigenvalue weighted by Crippen LogP contribution is 2.20. The summed E-state index contributed by atoms with van der Waals surface area (Å²) in [5.41, 5.74) is 7.71. The van der Waals surface area contributed by atoms with Crippen LogP contribution in [0.4, 0.5) is 11.4 Å². The molecule has 0 spiro atoms. The Morgan fingerprint density at radius 3 is 2.42 bits per heavy atom. The van der Waals surface area contributed by atoms with E-state index in [0.29, 0.717) is 25.1 Å². The van der Waals surface area contributed by atoms with E-state index in [2.05, 4.69) is 10.6 Å². The SMILES string of the molecule is CCCC(=O)Nc1ccc(NC(=O)CCN)cc1C. The van der Waals surface area contributed by atoms with Crippen LogP contribution < -0.4 is 16.4 Å². The van der Waals surface area contributed by atoms with Crippen LogP contribution in [0.1, 0.15) is 31.7 Å². The highest BCUT2D eigenvalue weighted by Gasteiger charge is 2.06. The van der Waals surface area contributed by atoms with Crippen LogP contribution >= 0.6 is 0 Å². The molecule has 0 radical (unpaired) electrons. The van der Waals surface area contributed by atoms with Gasteiger partial charge in [-0.05, 0) is 37.1 Å². The van der Waals surface area contributed by atoms with E-state index in [1.165, 1.54) is 0 Å². The average molecular weight is 263 g/mol. The Bertz CT molecular complexity index is 458. The van der Waals surface area contributed by atoms with Crippen molar-refractivity contribution >= 4 is 23.2 Å². The van der Waals surface area contributed by atoms with Crippen LogP contribution in [0.5, 0.6) is 0 Å². The number of aryl methyl sites for hydroxylation is 1. The Hall–Kier alpha value is -1.88. The molecule has 0 aromatic heterocycles. The summed E-state index contributed by atoms with van der Waals surface area (Å²) in [6.07, 6.45) is 1.63. The number of anilines is 2. The van der Waals surface area contributed by atoms with Gasteiger partial charge in [-0.15, -0.1) is 0 Å². The van der Waals surface area contributed by atoms with Gasteiger partial charge in [0, 0.05) is 30.8 Å². The van der Waals surface area contributed by atoms with E-state index in [1.807, 2.05) is 19.9 Å². The predicted octanol–water partition coefficient (Wildman–Crippen LogP) is 2.02. The molecule has 0 aliphatic heterocycles. The summed E-state index contributed by atoms with van der Waals surface area (Å²) < 4.78 is 0. The molecule has 1 rings (SSSR count). The molecule has 0 saturated heterocycles. The molecule has 0 fully saturated rings. The van der Waals surface area contributed by atoms with Gasteiger partial charge in [0.05, 0.1) is 0 Å². The molecule has 5 heteroatoms. The van der Waals surface area contributed by atoms with Crippen molar-refractivity contribution in [2.75, 3.05) is 17.2 Å². The van der Waals surface area contributed by atoms with Crippen LogP contribution in [0, 0.1) is 6.92 Å². The highest BCUT2D eigenvalue weighted by atomic mass is 16.2. The number of hydrogen-bond donors (Lipinski definition) is 3. The van der Waals surface area contributed by atoms with Crippen molar-refractivity contribution in [3.05, 3.63) is 23.8 Å². The molecule has 104 valence electrons. The average Bonchev–Trinajstić information content (AvgIpc) is 2.33. The van der Waals surface area contributed by atoms with Crippen LogP contribution in [0.3, 0.4) is 0 Å². The van der Waals surface area contributed by atoms with Crippen molar-refractivity contribution in [1.29, 1.82) is 0 Å². The first-order valence-electron chi connectivity index (χ1n) is 6.47. The molecule has 0 unspecified atom stereocenters. The fourth-order valence-electron chi connectivity index (χ4n) is 1.68. The minimum Gasteiger partial charge on any atom is -0.330 e. The molecule has 5 nitrogen and oxygen atoms in total. The Balaban J connectivity index is 2.69. The van der Waals surface area contributed by atoms with E-state index < -0.39 is 0 Å².